The third-order valence-corrected chi connectivity index (χ3v) is 3.07. The number of halogens is 2. The van der Waals surface area contributed by atoms with Gasteiger partial charge < -0.3 is 4.74 Å². The van der Waals surface area contributed by atoms with Gasteiger partial charge in [0.25, 0.3) is 0 Å². The standard InChI is InChI=1S/C14H22F2N2O/c1-4-19-14(9(2)3)13(18-17)8-10-5-6-11(15)12(16)7-10/h5-7,9,13-14,18H,4,8,17H2,1-3H3. The van der Waals surface area contributed by atoms with Crippen molar-refractivity contribution in [3.8, 4) is 0 Å². The maximum Gasteiger partial charge on any atom is 0.159 e. The lowest BCUT2D eigenvalue weighted by atomic mass is 9.94. The second kappa shape index (κ2) is 7.53. The van der Waals surface area contributed by atoms with E-state index >= 15 is 0 Å². The first kappa shape index (κ1) is 16.0. The van der Waals surface area contributed by atoms with Gasteiger partial charge in [-0.2, -0.15) is 0 Å². The highest BCUT2D eigenvalue weighted by Crippen LogP contribution is 2.17. The molecule has 5 heteroatoms. The van der Waals surface area contributed by atoms with E-state index in [0.29, 0.717) is 18.6 Å². The quantitative estimate of drug-likeness (QED) is 0.592. The summed E-state index contributed by atoms with van der Waals surface area (Å²) >= 11 is 0. The molecule has 1 aromatic carbocycles. The van der Waals surface area contributed by atoms with Crippen LogP contribution in [0.5, 0.6) is 0 Å². The highest BCUT2D eigenvalue weighted by molar-refractivity contribution is 5.19. The Morgan fingerprint density at radius 3 is 2.42 bits per heavy atom. The minimum atomic E-state index is -0.842. The molecular weight excluding hydrogens is 250 g/mol. The van der Waals surface area contributed by atoms with Crippen LogP contribution in [-0.4, -0.2) is 18.8 Å². The number of hydrogen-bond acceptors (Lipinski definition) is 3. The molecule has 0 bridgehead atoms. The van der Waals surface area contributed by atoms with Crippen LogP contribution in [0.1, 0.15) is 26.3 Å². The first-order valence-corrected chi connectivity index (χ1v) is 6.51. The van der Waals surface area contributed by atoms with Gasteiger partial charge in [0.15, 0.2) is 11.6 Å². The summed E-state index contributed by atoms with van der Waals surface area (Å²) < 4.78 is 31.7. The summed E-state index contributed by atoms with van der Waals surface area (Å²) in [6.07, 6.45) is 0.402. The van der Waals surface area contributed by atoms with Crippen molar-refractivity contribution in [2.75, 3.05) is 6.61 Å². The van der Waals surface area contributed by atoms with Gasteiger partial charge in [-0.05, 0) is 37.0 Å². The van der Waals surface area contributed by atoms with Crippen LogP contribution >= 0.6 is 0 Å². The summed E-state index contributed by atoms with van der Waals surface area (Å²) in [6.45, 7) is 6.57. The van der Waals surface area contributed by atoms with E-state index in [1.165, 1.54) is 6.07 Å². The van der Waals surface area contributed by atoms with Crippen molar-refractivity contribution in [3.05, 3.63) is 35.4 Å². The second-order valence-electron chi connectivity index (χ2n) is 4.89. The molecule has 3 nitrogen and oxygen atoms in total. The van der Waals surface area contributed by atoms with Gasteiger partial charge in [0.1, 0.15) is 0 Å². The Morgan fingerprint density at radius 2 is 1.95 bits per heavy atom. The van der Waals surface area contributed by atoms with E-state index in [1.807, 2.05) is 20.8 Å². The Hall–Kier alpha value is -1.04. The Kier molecular flexibility index (Phi) is 6.34. The summed E-state index contributed by atoms with van der Waals surface area (Å²) in [5.74, 6) is 4.15. The summed E-state index contributed by atoms with van der Waals surface area (Å²) in [5, 5.41) is 0. The largest absolute Gasteiger partial charge is 0.377 e. The molecular formula is C14H22F2N2O. The van der Waals surface area contributed by atoms with E-state index in [9.17, 15) is 8.78 Å². The Labute approximate surface area is 113 Å². The van der Waals surface area contributed by atoms with Gasteiger partial charge in [-0.3, -0.25) is 11.3 Å². The number of nitrogens with one attached hydrogen (secondary N) is 1. The van der Waals surface area contributed by atoms with E-state index < -0.39 is 11.6 Å². The summed E-state index contributed by atoms with van der Waals surface area (Å²) in [7, 11) is 0. The monoisotopic (exact) mass is 272 g/mol. The SMILES string of the molecule is CCOC(C(C)C)C(Cc1ccc(F)c(F)c1)NN. The minimum Gasteiger partial charge on any atom is -0.377 e. The molecule has 0 radical (unpaired) electrons. The fraction of sp³-hybridized carbons (Fsp3) is 0.571. The molecule has 0 aliphatic rings. The van der Waals surface area contributed by atoms with Gasteiger partial charge in [0.2, 0.25) is 0 Å². The van der Waals surface area contributed by atoms with Crippen LogP contribution in [0.15, 0.2) is 18.2 Å². The van der Waals surface area contributed by atoms with Crippen molar-refractivity contribution in [2.45, 2.75) is 39.3 Å². The summed E-state index contributed by atoms with van der Waals surface area (Å²) in [4.78, 5) is 0. The zero-order valence-electron chi connectivity index (χ0n) is 11.6. The number of ether oxygens (including phenoxy) is 1. The van der Waals surface area contributed by atoms with E-state index in [-0.39, 0.29) is 18.1 Å². The van der Waals surface area contributed by atoms with Crippen LogP contribution in [-0.2, 0) is 11.2 Å². The molecule has 1 rings (SSSR count). The Bertz CT molecular complexity index is 399. The van der Waals surface area contributed by atoms with Gasteiger partial charge >= 0.3 is 0 Å². The second-order valence-corrected chi connectivity index (χ2v) is 4.89. The molecule has 1 aromatic rings. The molecule has 0 heterocycles. The van der Waals surface area contributed by atoms with Crippen molar-refractivity contribution >= 4 is 0 Å². The Morgan fingerprint density at radius 1 is 1.26 bits per heavy atom. The topological polar surface area (TPSA) is 47.3 Å². The number of hydrazine groups is 1. The lowest BCUT2D eigenvalue weighted by Crippen LogP contribution is -2.48. The lowest BCUT2D eigenvalue weighted by molar-refractivity contribution is 0.00354. The average Bonchev–Trinajstić information content (AvgIpc) is 2.37. The van der Waals surface area contributed by atoms with Crippen molar-refractivity contribution in [2.24, 2.45) is 11.8 Å². The third kappa shape index (κ3) is 4.53. The average molecular weight is 272 g/mol. The van der Waals surface area contributed by atoms with E-state index in [0.717, 1.165) is 6.07 Å². The molecule has 3 N–H and O–H groups in total. The van der Waals surface area contributed by atoms with E-state index in [1.54, 1.807) is 6.07 Å². The predicted octanol–water partition coefficient (Wildman–Crippen LogP) is 2.40. The number of hydrogen-bond donors (Lipinski definition) is 2. The number of rotatable bonds is 7. The van der Waals surface area contributed by atoms with Crippen LogP contribution in [0.3, 0.4) is 0 Å². The molecule has 0 amide bonds. The summed E-state index contributed by atoms with van der Waals surface area (Å²) in [6, 6.07) is 3.74. The fourth-order valence-electron chi connectivity index (χ4n) is 2.16. The van der Waals surface area contributed by atoms with Crippen LogP contribution in [0, 0.1) is 17.6 Å². The van der Waals surface area contributed by atoms with Gasteiger partial charge in [-0.25, -0.2) is 8.78 Å². The molecule has 0 aliphatic heterocycles. The zero-order valence-corrected chi connectivity index (χ0v) is 11.6. The van der Waals surface area contributed by atoms with Gasteiger partial charge in [-0.15, -0.1) is 0 Å². The maximum atomic E-state index is 13.2. The Balaban J connectivity index is 2.82. The fourth-order valence-corrected chi connectivity index (χ4v) is 2.16. The highest BCUT2D eigenvalue weighted by Gasteiger charge is 2.24. The zero-order chi connectivity index (χ0) is 14.4. The molecule has 0 saturated carbocycles. The molecule has 0 aromatic heterocycles. The predicted molar refractivity (Wildman–Crippen MR) is 71.4 cm³/mol. The third-order valence-electron chi connectivity index (χ3n) is 3.07. The van der Waals surface area contributed by atoms with Crippen LogP contribution in [0.4, 0.5) is 8.78 Å². The summed E-state index contributed by atoms with van der Waals surface area (Å²) in [5.41, 5.74) is 3.40. The van der Waals surface area contributed by atoms with E-state index in [2.05, 4.69) is 5.43 Å². The van der Waals surface area contributed by atoms with Crippen LogP contribution in [0.2, 0.25) is 0 Å². The van der Waals surface area contributed by atoms with Crippen LogP contribution < -0.4 is 11.3 Å². The maximum absolute atomic E-state index is 13.2. The van der Waals surface area contributed by atoms with Gasteiger partial charge in [0.05, 0.1) is 12.1 Å². The van der Waals surface area contributed by atoms with Crippen molar-refractivity contribution in [3.63, 3.8) is 0 Å². The molecule has 0 fully saturated rings. The van der Waals surface area contributed by atoms with Crippen LogP contribution in [0.25, 0.3) is 0 Å². The van der Waals surface area contributed by atoms with E-state index in [4.69, 9.17) is 10.6 Å². The molecule has 19 heavy (non-hydrogen) atoms. The molecule has 2 unspecified atom stereocenters. The smallest absolute Gasteiger partial charge is 0.159 e. The number of benzene rings is 1. The van der Waals surface area contributed by atoms with Crippen molar-refractivity contribution in [1.29, 1.82) is 0 Å². The molecule has 0 spiro atoms. The lowest BCUT2D eigenvalue weighted by Gasteiger charge is -2.29. The highest BCUT2D eigenvalue weighted by atomic mass is 19.2. The minimum absolute atomic E-state index is 0.0804. The van der Waals surface area contributed by atoms with Gasteiger partial charge in [-0.1, -0.05) is 19.9 Å². The number of nitrogens with two attached hydrogens (primary N) is 1. The molecule has 0 saturated heterocycles. The molecule has 2 atom stereocenters. The molecule has 0 aliphatic carbocycles. The van der Waals surface area contributed by atoms with Crippen molar-refractivity contribution in [1.82, 2.24) is 5.43 Å². The molecule has 108 valence electrons. The first-order chi connectivity index (χ1) is 8.99. The first-order valence-electron chi connectivity index (χ1n) is 6.51. The normalized spacial score (nSPS) is 14.7. The van der Waals surface area contributed by atoms with Crippen molar-refractivity contribution < 1.29 is 13.5 Å². The van der Waals surface area contributed by atoms with Gasteiger partial charge in [0, 0.05) is 6.61 Å².